The van der Waals surface area contributed by atoms with Gasteiger partial charge in [-0.3, -0.25) is 4.98 Å². The molecule has 0 aliphatic carbocycles. The molecule has 0 aliphatic rings. The molecule has 18 heavy (non-hydrogen) atoms. The molecule has 0 bridgehead atoms. The van der Waals surface area contributed by atoms with E-state index in [-0.39, 0.29) is 5.84 Å². The minimum absolute atomic E-state index is 0.128. The maximum absolute atomic E-state index is 8.56. The molecule has 0 radical (unpaired) electrons. The molecule has 0 amide bonds. The van der Waals surface area contributed by atoms with Crippen molar-refractivity contribution < 1.29 is 5.21 Å². The summed E-state index contributed by atoms with van der Waals surface area (Å²) in [7, 11) is 0. The van der Waals surface area contributed by atoms with Gasteiger partial charge in [-0.1, -0.05) is 29.4 Å². The van der Waals surface area contributed by atoms with Crippen LogP contribution < -0.4 is 5.73 Å². The Kier molecular flexibility index (Phi) is 4.20. The standard InChI is InChI=1S/C13H13N3OS/c14-13(16-17)11-3-1-10(2-4-11)9-18-12-5-7-15-8-6-12/h1-8,17H,9H2,(H2,14,16). The highest BCUT2D eigenvalue weighted by atomic mass is 32.2. The Bertz CT molecular complexity index is 526. The molecule has 0 spiro atoms. The topological polar surface area (TPSA) is 71.5 Å². The largest absolute Gasteiger partial charge is 0.409 e. The first-order valence-corrected chi connectivity index (χ1v) is 6.38. The number of hydrogen-bond donors (Lipinski definition) is 2. The van der Waals surface area contributed by atoms with E-state index in [1.165, 1.54) is 10.5 Å². The number of oxime groups is 1. The summed E-state index contributed by atoms with van der Waals surface area (Å²) in [5.74, 6) is 1.00. The van der Waals surface area contributed by atoms with Crippen molar-refractivity contribution in [2.45, 2.75) is 10.6 Å². The van der Waals surface area contributed by atoms with Crippen LogP contribution in [-0.4, -0.2) is 16.0 Å². The molecule has 0 atom stereocenters. The van der Waals surface area contributed by atoms with Crippen LogP contribution in [0.3, 0.4) is 0 Å². The molecular formula is C13H13N3OS. The molecule has 0 aliphatic heterocycles. The Morgan fingerprint density at radius 3 is 2.44 bits per heavy atom. The monoisotopic (exact) mass is 259 g/mol. The number of amidine groups is 1. The summed E-state index contributed by atoms with van der Waals surface area (Å²) < 4.78 is 0. The van der Waals surface area contributed by atoms with Crippen LogP contribution in [0.25, 0.3) is 0 Å². The number of thioether (sulfide) groups is 1. The maximum atomic E-state index is 8.56. The lowest BCUT2D eigenvalue weighted by molar-refractivity contribution is 0.318. The average molecular weight is 259 g/mol. The molecule has 1 aromatic carbocycles. The molecule has 4 nitrogen and oxygen atoms in total. The highest BCUT2D eigenvalue weighted by Gasteiger charge is 2.00. The van der Waals surface area contributed by atoms with E-state index in [9.17, 15) is 0 Å². The second-order valence-corrected chi connectivity index (χ2v) is 4.70. The summed E-state index contributed by atoms with van der Waals surface area (Å²) in [6, 6.07) is 11.6. The summed E-state index contributed by atoms with van der Waals surface area (Å²) in [6.07, 6.45) is 3.56. The second kappa shape index (κ2) is 6.07. The molecule has 0 fully saturated rings. The molecule has 92 valence electrons. The lowest BCUT2D eigenvalue weighted by atomic mass is 10.1. The van der Waals surface area contributed by atoms with Crippen LogP contribution in [0.1, 0.15) is 11.1 Å². The van der Waals surface area contributed by atoms with Crippen LogP contribution in [-0.2, 0) is 5.75 Å². The Balaban J connectivity index is 1.99. The number of nitrogens with zero attached hydrogens (tertiary/aromatic N) is 2. The quantitative estimate of drug-likeness (QED) is 0.291. The zero-order chi connectivity index (χ0) is 12.8. The van der Waals surface area contributed by atoms with E-state index >= 15 is 0 Å². The van der Waals surface area contributed by atoms with Crippen LogP contribution in [0.15, 0.2) is 58.8 Å². The SMILES string of the molecule is NC(=NO)c1ccc(CSc2ccncc2)cc1. The van der Waals surface area contributed by atoms with Gasteiger partial charge in [0.05, 0.1) is 0 Å². The highest BCUT2D eigenvalue weighted by molar-refractivity contribution is 7.98. The van der Waals surface area contributed by atoms with Gasteiger partial charge in [-0.25, -0.2) is 0 Å². The average Bonchev–Trinajstić information content (AvgIpc) is 2.46. The fraction of sp³-hybridized carbons (Fsp3) is 0.0769. The molecule has 2 rings (SSSR count). The summed E-state index contributed by atoms with van der Waals surface area (Å²) in [6.45, 7) is 0. The Labute approximate surface area is 110 Å². The zero-order valence-electron chi connectivity index (χ0n) is 9.65. The first-order valence-electron chi connectivity index (χ1n) is 5.39. The molecule has 0 saturated carbocycles. The van der Waals surface area contributed by atoms with Gasteiger partial charge in [0.25, 0.3) is 0 Å². The van der Waals surface area contributed by atoms with Crippen molar-refractivity contribution in [3.63, 3.8) is 0 Å². The minimum Gasteiger partial charge on any atom is -0.409 e. The minimum atomic E-state index is 0.128. The summed E-state index contributed by atoms with van der Waals surface area (Å²) in [5.41, 5.74) is 7.40. The van der Waals surface area contributed by atoms with Crippen LogP contribution in [0, 0.1) is 0 Å². The third kappa shape index (κ3) is 3.24. The summed E-state index contributed by atoms with van der Waals surface area (Å²) in [5, 5.41) is 11.5. The first kappa shape index (κ1) is 12.4. The summed E-state index contributed by atoms with van der Waals surface area (Å²) in [4.78, 5) is 5.16. The Morgan fingerprint density at radius 2 is 1.83 bits per heavy atom. The molecule has 5 heteroatoms. The number of aromatic nitrogens is 1. The number of pyridine rings is 1. The van der Waals surface area contributed by atoms with Crippen molar-refractivity contribution in [3.8, 4) is 0 Å². The fourth-order valence-corrected chi connectivity index (χ4v) is 2.27. The predicted molar refractivity (Wildman–Crippen MR) is 72.8 cm³/mol. The maximum Gasteiger partial charge on any atom is 0.170 e. The van der Waals surface area contributed by atoms with Gasteiger partial charge < -0.3 is 10.9 Å². The van der Waals surface area contributed by atoms with Gasteiger partial charge in [-0.05, 0) is 17.7 Å². The van der Waals surface area contributed by atoms with Crippen molar-refractivity contribution in [1.29, 1.82) is 0 Å². The molecule has 1 heterocycles. The van der Waals surface area contributed by atoms with Crippen molar-refractivity contribution >= 4 is 17.6 Å². The lowest BCUT2D eigenvalue weighted by Crippen LogP contribution is -2.12. The highest BCUT2D eigenvalue weighted by Crippen LogP contribution is 2.21. The van der Waals surface area contributed by atoms with Crippen LogP contribution in [0.4, 0.5) is 0 Å². The van der Waals surface area contributed by atoms with E-state index in [1.807, 2.05) is 36.4 Å². The van der Waals surface area contributed by atoms with Gasteiger partial charge in [0, 0.05) is 28.6 Å². The van der Waals surface area contributed by atoms with Crippen molar-refractivity contribution in [3.05, 3.63) is 59.9 Å². The van der Waals surface area contributed by atoms with Crippen molar-refractivity contribution in [1.82, 2.24) is 4.98 Å². The Morgan fingerprint density at radius 1 is 1.17 bits per heavy atom. The number of nitrogens with two attached hydrogens (primary N) is 1. The third-order valence-corrected chi connectivity index (χ3v) is 3.50. The van der Waals surface area contributed by atoms with Crippen molar-refractivity contribution in [2.75, 3.05) is 0 Å². The fourth-order valence-electron chi connectivity index (χ4n) is 1.43. The second-order valence-electron chi connectivity index (χ2n) is 3.65. The van der Waals surface area contributed by atoms with Gasteiger partial charge in [0.15, 0.2) is 5.84 Å². The molecular weight excluding hydrogens is 246 g/mol. The lowest BCUT2D eigenvalue weighted by Gasteiger charge is -2.03. The van der Waals surface area contributed by atoms with Gasteiger partial charge in [-0.2, -0.15) is 0 Å². The van der Waals surface area contributed by atoms with E-state index in [0.717, 1.165) is 11.3 Å². The number of benzene rings is 1. The first-order chi connectivity index (χ1) is 8.79. The Hall–Kier alpha value is -2.01. The van der Waals surface area contributed by atoms with E-state index in [0.29, 0.717) is 0 Å². The normalized spacial score (nSPS) is 11.4. The van der Waals surface area contributed by atoms with E-state index in [1.54, 1.807) is 24.2 Å². The molecule has 1 aromatic heterocycles. The molecule has 3 N–H and O–H groups in total. The van der Waals surface area contributed by atoms with Crippen molar-refractivity contribution in [2.24, 2.45) is 10.9 Å². The smallest absolute Gasteiger partial charge is 0.170 e. The number of hydrogen-bond acceptors (Lipinski definition) is 4. The molecule has 2 aromatic rings. The van der Waals surface area contributed by atoms with Gasteiger partial charge in [-0.15, -0.1) is 11.8 Å². The van der Waals surface area contributed by atoms with E-state index < -0.39 is 0 Å². The zero-order valence-corrected chi connectivity index (χ0v) is 10.5. The van der Waals surface area contributed by atoms with Crippen LogP contribution in [0.5, 0.6) is 0 Å². The van der Waals surface area contributed by atoms with Gasteiger partial charge >= 0.3 is 0 Å². The molecule has 0 unspecified atom stereocenters. The van der Waals surface area contributed by atoms with E-state index in [2.05, 4.69) is 10.1 Å². The molecule has 0 saturated heterocycles. The third-order valence-electron chi connectivity index (χ3n) is 2.41. The van der Waals surface area contributed by atoms with Gasteiger partial charge in [0.2, 0.25) is 0 Å². The summed E-state index contributed by atoms with van der Waals surface area (Å²) >= 11 is 1.74. The van der Waals surface area contributed by atoms with Crippen LogP contribution in [0.2, 0.25) is 0 Å². The van der Waals surface area contributed by atoms with E-state index in [4.69, 9.17) is 10.9 Å². The van der Waals surface area contributed by atoms with Gasteiger partial charge in [0.1, 0.15) is 0 Å². The number of rotatable bonds is 4. The predicted octanol–water partition coefficient (Wildman–Crippen LogP) is 2.47. The van der Waals surface area contributed by atoms with Crippen LogP contribution >= 0.6 is 11.8 Å².